The van der Waals surface area contributed by atoms with Crippen molar-refractivity contribution in [3.8, 4) is 0 Å². The van der Waals surface area contributed by atoms with Gasteiger partial charge < -0.3 is 14.2 Å². The molecule has 0 aliphatic carbocycles. The molecular weight excluding hydrogens is 865 g/mol. The van der Waals surface area contributed by atoms with Crippen LogP contribution >= 0.6 is 0 Å². The van der Waals surface area contributed by atoms with Crippen LogP contribution in [0.2, 0.25) is 0 Å². The molecule has 0 rings (SSSR count). The smallest absolute Gasteiger partial charge is 0.306 e. The van der Waals surface area contributed by atoms with Crippen molar-refractivity contribution in [1.82, 2.24) is 0 Å². The molecule has 0 aromatic heterocycles. The van der Waals surface area contributed by atoms with Gasteiger partial charge in [0.05, 0.1) is 0 Å². The standard InChI is InChI=1S/C64H98O6/c1-4-7-10-13-16-19-22-25-28-30-32-34-36-39-42-45-48-51-54-57-63(66)69-60-61(59-68-62(65)56-53-50-47-44-41-38-35-27-24-21-18-15-12-9-6-3)70-64(67)58-55-52-49-46-43-40-37-33-31-29-26-23-20-17-14-11-8-5-2/h7,10-11,13-14,16-17,19-26,28-34,36-37,39,42,61H,4-6,8-9,12,15,18,27,35,38,40-41,43-60H2,1-3H3/b10-7-,14-11-,16-13-,20-17-,22-19-,24-21-,26-23-,28-25-,31-29-,32-30+,36-34-,37-33-,42-39-. The van der Waals surface area contributed by atoms with Gasteiger partial charge >= 0.3 is 17.9 Å². The summed E-state index contributed by atoms with van der Waals surface area (Å²) in [4.78, 5) is 38.1. The fourth-order valence-corrected chi connectivity index (χ4v) is 6.92. The van der Waals surface area contributed by atoms with Crippen LogP contribution in [0.1, 0.15) is 207 Å². The molecule has 0 spiro atoms. The third kappa shape index (κ3) is 54.0. The van der Waals surface area contributed by atoms with Crippen LogP contribution in [0.25, 0.3) is 0 Å². The van der Waals surface area contributed by atoms with Crippen molar-refractivity contribution >= 4 is 17.9 Å². The highest BCUT2D eigenvalue weighted by Gasteiger charge is 2.19. The normalized spacial score (nSPS) is 13.4. The average molecular weight is 963 g/mol. The predicted molar refractivity (Wildman–Crippen MR) is 302 cm³/mol. The van der Waals surface area contributed by atoms with Gasteiger partial charge in [-0.25, -0.2) is 0 Å². The van der Waals surface area contributed by atoms with Crippen LogP contribution < -0.4 is 0 Å². The van der Waals surface area contributed by atoms with E-state index in [1.54, 1.807) is 0 Å². The van der Waals surface area contributed by atoms with Crippen molar-refractivity contribution in [2.24, 2.45) is 0 Å². The van der Waals surface area contributed by atoms with Crippen LogP contribution in [0.3, 0.4) is 0 Å². The molecule has 6 nitrogen and oxygen atoms in total. The van der Waals surface area contributed by atoms with E-state index in [0.717, 1.165) is 89.9 Å². The largest absolute Gasteiger partial charge is 0.462 e. The van der Waals surface area contributed by atoms with Gasteiger partial charge in [0.2, 0.25) is 0 Å². The zero-order valence-electron chi connectivity index (χ0n) is 44.5. The van der Waals surface area contributed by atoms with Crippen molar-refractivity contribution in [3.05, 3.63) is 158 Å². The lowest BCUT2D eigenvalue weighted by Crippen LogP contribution is -2.30. The van der Waals surface area contributed by atoms with Gasteiger partial charge in [0.1, 0.15) is 13.2 Å². The number of unbranched alkanes of at least 4 members (excludes halogenated alkanes) is 20. The molecule has 70 heavy (non-hydrogen) atoms. The molecule has 6 heteroatoms. The molecule has 0 saturated carbocycles. The summed E-state index contributed by atoms with van der Waals surface area (Å²) in [6.45, 7) is 6.31. The summed E-state index contributed by atoms with van der Waals surface area (Å²) in [7, 11) is 0. The molecule has 0 fully saturated rings. The zero-order chi connectivity index (χ0) is 50.7. The van der Waals surface area contributed by atoms with Crippen LogP contribution in [0.5, 0.6) is 0 Å². The minimum atomic E-state index is -0.821. The molecule has 1 atom stereocenters. The first-order valence-electron chi connectivity index (χ1n) is 27.7. The number of rotatable bonds is 47. The van der Waals surface area contributed by atoms with Crippen molar-refractivity contribution in [3.63, 3.8) is 0 Å². The summed E-state index contributed by atoms with van der Waals surface area (Å²) in [5.41, 5.74) is 0. The molecule has 0 amide bonds. The van der Waals surface area contributed by atoms with Crippen LogP contribution in [-0.4, -0.2) is 37.2 Å². The van der Waals surface area contributed by atoms with E-state index in [2.05, 4.69) is 69.4 Å². The van der Waals surface area contributed by atoms with Gasteiger partial charge in [-0.2, -0.15) is 0 Å². The topological polar surface area (TPSA) is 78.9 Å². The Morgan fingerprint density at radius 2 is 0.600 bits per heavy atom. The number of allylic oxidation sites excluding steroid dienone is 26. The molecular formula is C64H98O6. The monoisotopic (exact) mass is 963 g/mol. The highest BCUT2D eigenvalue weighted by molar-refractivity contribution is 5.71. The van der Waals surface area contributed by atoms with E-state index in [1.165, 1.54) is 70.6 Å². The Balaban J connectivity index is 4.60. The van der Waals surface area contributed by atoms with Gasteiger partial charge in [-0.1, -0.05) is 262 Å². The highest BCUT2D eigenvalue weighted by atomic mass is 16.6. The first kappa shape index (κ1) is 65.0. The average Bonchev–Trinajstić information content (AvgIpc) is 3.36. The maximum absolute atomic E-state index is 12.8. The molecule has 0 N–H and O–H groups in total. The molecule has 0 radical (unpaired) electrons. The Morgan fingerprint density at radius 3 is 0.986 bits per heavy atom. The van der Waals surface area contributed by atoms with Gasteiger partial charge in [0.25, 0.3) is 0 Å². The quantitative estimate of drug-likeness (QED) is 0.0199. The van der Waals surface area contributed by atoms with Crippen LogP contribution in [-0.2, 0) is 28.6 Å². The number of carbonyl (C=O) groups excluding carboxylic acids is 3. The van der Waals surface area contributed by atoms with E-state index in [9.17, 15) is 14.4 Å². The van der Waals surface area contributed by atoms with Crippen molar-refractivity contribution in [2.75, 3.05) is 13.2 Å². The second kappa shape index (κ2) is 56.6. The van der Waals surface area contributed by atoms with Crippen LogP contribution in [0.4, 0.5) is 0 Å². The Bertz CT molecular complexity index is 1620. The molecule has 0 bridgehead atoms. The van der Waals surface area contributed by atoms with Gasteiger partial charge in [-0.3, -0.25) is 14.4 Å². The maximum atomic E-state index is 12.8. The number of hydrogen-bond donors (Lipinski definition) is 0. The SMILES string of the molecule is CC\C=C/C=C\C=C/C=C\C=C\C=C/C=C\CCCCCC(=O)OCC(COC(=O)CCCCCCCCC/C=C\CCCCCC)OC(=O)CCCCCCC\C=C/C=C\C=C/C=C\C=C/CCC. The van der Waals surface area contributed by atoms with Gasteiger partial charge in [-0.05, 0) is 83.5 Å². The highest BCUT2D eigenvalue weighted by Crippen LogP contribution is 2.13. The first-order chi connectivity index (χ1) is 34.5. The predicted octanol–water partition coefficient (Wildman–Crippen LogP) is 18.6. The number of carbonyl (C=O) groups is 3. The molecule has 0 aliphatic rings. The van der Waals surface area contributed by atoms with Crippen molar-refractivity contribution in [1.29, 1.82) is 0 Å². The van der Waals surface area contributed by atoms with Gasteiger partial charge in [0.15, 0.2) is 6.10 Å². The fraction of sp³-hybridized carbons (Fsp3) is 0.547. The summed E-state index contributed by atoms with van der Waals surface area (Å²) in [5.74, 6) is -0.999. The molecule has 0 heterocycles. The number of hydrogen-bond acceptors (Lipinski definition) is 6. The summed E-state index contributed by atoms with van der Waals surface area (Å²) in [5, 5.41) is 0. The lowest BCUT2D eigenvalue weighted by atomic mass is 10.1. The Kier molecular flexibility index (Phi) is 52.6. The van der Waals surface area contributed by atoms with Crippen LogP contribution in [0, 0.1) is 0 Å². The summed E-state index contributed by atoms with van der Waals surface area (Å²) in [6, 6.07) is 0. The van der Waals surface area contributed by atoms with Crippen molar-refractivity contribution in [2.45, 2.75) is 213 Å². The third-order valence-corrected chi connectivity index (χ3v) is 11.0. The van der Waals surface area contributed by atoms with E-state index < -0.39 is 6.10 Å². The Hall–Kier alpha value is -4.97. The molecule has 0 aliphatic heterocycles. The van der Waals surface area contributed by atoms with Crippen LogP contribution in [0.15, 0.2) is 158 Å². The van der Waals surface area contributed by atoms with Gasteiger partial charge in [-0.15, -0.1) is 0 Å². The molecule has 0 aromatic carbocycles. The minimum Gasteiger partial charge on any atom is -0.462 e. The molecule has 0 aromatic rings. The van der Waals surface area contributed by atoms with E-state index in [0.29, 0.717) is 19.3 Å². The minimum absolute atomic E-state index is 0.113. The maximum Gasteiger partial charge on any atom is 0.306 e. The second-order valence-corrected chi connectivity index (χ2v) is 17.7. The summed E-state index contributed by atoms with van der Waals surface area (Å²) < 4.78 is 16.8. The zero-order valence-corrected chi connectivity index (χ0v) is 44.5. The summed E-state index contributed by atoms with van der Waals surface area (Å²) in [6.07, 6.45) is 82.1. The van der Waals surface area contributed by atoms with Gasteiger partial charge in [0, 0.05) is 19.3 Å². The third-order valence-electron chi connectivity index (χ3n) is 11.0. The molecule has 0 saturated heterocycles. The molecule has 390 valence electrons. The first-order valence-corrected chi connectivity index (χ1v) is 27.7. The van der Waals surface area contributed by atoms with E-state index in [-0.39, 0.29) is 37.5 Å². The van der Waals surface area contributed by atoms with E-state index >= 15 is 0 Å². The second-order valence-electron chi connectivity index (χ2n) is 17.7. The van der Waals surface area contributed by atoms with E-state index in [1.807, 2.05) is 109 Å². The lowest BCUT2D eigenvalue weighted by Gasteiger charge is -2.18. The van der Waals surface area contributed by atoms with E-state index in [4.69, 9.17) is 14.2 Å². The number of esters is 3. The Labute approximate surface area is 429 Å². The molecule has 1 unspecified atom stereocenters. The Morgan fingerprint density at radius 1 is 0.300 bits per heavy atom. The lowest BCUT2D eigenvalue weighted by molar-refractivity contribution is -0.167. The number of ether oxygens (including phenoxy) is 3. The van der Waals surface area contributed by atoms with Crippen molar-refractivity contribution < 1.29 is 28.6 Å². The summed E-state index contributed by atoms with van der Waals surface area (Å²) >= 11 is 0. The fourth-order valence-electron chi connectivity index (χ4n) is 6.92.